The monoisotopic (exact) mass is 450 g/mol. The largest absolute Gasteiger partial charge is 0.357 e. The van der Waals surface area contributed by atoms with Gasteiger partial charge in [-0.3, -0.25) is 9.98 Å². The van der Waals surface area contributed by atoms with E-state index in [4.69, 9.17) is 46.4 Å². The van der Waals surface area contributed by atoms with Crippen molar-refractivity contribution in [1.29, 1.82) is 0 Å². The Bertz CT molecular complexity index is 1200. The number of fused-ring (bicyclic) bond motifs is 6. The molecule has 8 bridgehead atoms. The molecule has 142 valence electrons. The van der Waals surface area contributed by atoms with Gasteiger partial charge in [-0.1, -0.05) is 23.2 Å². The molecule has 0 aromatic carbocycles. The Morgan fingerprint density at radius 1 is 0.786 bits per heavy atom. The molecule has 0 fully saturated rings. The lowest BCUT2D eigenvalue weighted by Crippen LogP contribution is -2.34. The second kappa shape index (κ2) is 6.39. The highest BCUT2D eigenvalue weighted by Crippen LogP contribution is 2.44. The van der Waals surface area contributed by atoms with E-state index >= 15 is 0 Å². The fourth-order valence-electron chi connectivity index (χ4n) is 3.47. The standard InChI is InChI=1S/C20H14Cl4N4/c21-17-15-4-3-13(26-15)9-11-1-2-12(25-11)10-14-5-7-19(23,27-14)18(22)16-6-8-20(17,24)28-16/h1-10,17-18,25-26H. The fourth-order valence-corrected chi connectivity index (χ4v) is 4.51. The summed E-state index contributed by atoms with van der Waals surface area (Å²) >= 11 is 26.8. The van der Waals surface area contributed by atoms with E-state index in [2.05, 4.69) is 20.0 Å². The molecule has 0 radical (unpaired) electrons. The van der Waals surface area contributed by atoms with Gasteiger partial charge in [0.2, 0.25) is 0 Å². The molecule has 0 aliphatic carbocycles. The van der Waals surface area contributed by atoms with Gasteiger partial charge in [0.05, 0.1) is 11.4 Å². The molecule has 0 spiro atoms. The van der Waals surface area contributed by atoms with Crippen LogP contribution in [0.1, 0.15) is 16.8 Å². The first-order chi connectivity index (χ1) is 13.3. The average molecular weight is 452 g/mol. The average Bonchev–Trinajstić information content (AvgIpc) is 3.43. The first kappa shape index (κ1) is 18.3. The van der Waals surface area contributed by atoms with Gasteiger partial charge in [0.15, 0.2) is 10.00 Å². The van der Waals surface area contributed by atoms with Gasteiger partial charge in [-0.2, -0.15) is 0 Å². The summed E-state index contributed by atoms with van der Waals surface area (Å²) in [5, 5.41) is 0.540. The molecule has 2 aromatic rings. The third-order valence-corrected chi connectivity index (χ3v) is 7.10. The molecule has 3 aliphatic heterocycles. The molecule has 5 rings (SSSR count). The molecular weight excluding hydrogens is 438 g/mol. The Morgan fingerprint density at radius 2 is 1.50 bits per heavy atom. The number of nitrogens with one attached hydrogen (secondary N) is 2. The van der Waals surface area contributed by atoms with Crippen molar-refractivity contribution in [2.45, 2.75) is 20.8 Å². The maximum absolute atomic E-state index is 6.73. The van der Waals surface area contributed by atoms with Crippen LogP contribution in [-0.2, 0) is 0 Å². The van der Waals surface area contributed by atoms with Crippen LogP contribution in [-0.4, -0.2) is 36.8 Å². The van der Waals surface area contributed by atoms with E-state index in [-0.39, 0.29) is 0 Å². The lowest BCUT2D eigenvalue weighted by molar-refractivity contribution is 0.699. The van der Waals surface area contributed by atoms with Gasteiger partial charge >= 0.3 is 0 Å². The zero-order chi connectivity index (χ0) is 19.5. The van der Waals surface area contributed by atoms with E-state index in [1.807, 2.05) is 42.5 Å². The lowest BCUT2D eigenvalue weighted by atomic mass is 10.1. The van der Waals surface area contributed by atoms with Gasteiger partial charge in [-0.05, 0) is 60.7 Å². The van der Waals surface area contributed by atoms with Gasteiger partial charge < -0.3 is 9.97 Å². The molecule has 2 aromatic heterocycles. The van der Waals surface area contributed by atoms with Crippen LogP contribution in [0, 0.1) is 0 Å². The Morgan fingerprint density at radius 3 is 2.32 bits per heavy atom. The van der Waals surface area contributed by atoms with E-state index in [1.54, 1.807) is 18.2 Å². The third-order valence-electron chi connectivity index (χ3n) is 4.90. The van der Waals surface area contributed by atoms with Crippen molar-refractivity contribution in [2.75, 3.05) is 0 Å². The number of alkyl halides is 4. The lowest BCUT2D eigenvalue weighted by Gasteiger charge is -2.24. The van der Waals surface area contributed by atoms with Gasteiger partial charge in [0.1, 0.15) is 10.8 Å². The Hall–Kier alpha value is -1.72. The minimum Gasteiger partial charge on any atom is -0.357 e. The number of hydrogen-bond donors (Lipinski definition) is 2. The van der Waals surface area contributed by atoms with Crippen molar-refractivity contribution in [3.05, 3.63) is 70.7 Å². The van der Waals surface area contributed by atoms with E-state index in [1.165, 1.54) is 0 Å². The molecular formula is C20H14Cl4N4. The third kappa shape index (κ3) is 3.00. The molecule has 0 saturated heterocycles. The van der Waals surface area contributed by atoms with Gasteiger partial charge in [0.25, 0.3) is 0 Å². The van der Waals surface area contributed by atoms with Crippen molar-refractivity contribution in [2.24, 2.45) is 9.98 Å². The number of aliphatic imine (C=N–C) groups is 2. The maximum Gasteiger partial charge on any atom is 0.174 e. The quantitative estimate of drug-likeness (QED) is 0.452. The molecule has 0 amide bonds. The number of aromatic amines is 2. The van der Waals surface area contributed by atoms with E-state index in [9.17, 15) is 0 Å². The summed E-state index contributed by atoms with van der Waals surface area (Å²) in [4.78, 5) is 13.5. The highest BCUT2D eigenvalue weighted by Gasteiger charge is 2.44. The summed E-state index contributed by atoms with van der Waals surface area (Å²) in [6, 6.07) is 7.81. The highest BCUT2D eigenvalue weighted by atomic mass is 35.5. The predicted octanol–water partition coefficient (Wildman–Crippen LogP) is 3.74. The number of halogens is 4. The van der Waals surface area contributed by atoms with Crippen LogP contribution < -0.4 is 10.7 Å². The number of nitrogens with zero attached hydrogens (tertiary/aromatic N) is 2. The normalized spacial score (nSPS) is 33.3. The van der Waals surface area contributed by atoms with E-state index < -0.39 is 20.8 Å². The van der Waals surface area contributed by atoms with Crippen LogP contribution in [0.4, 0.5) is 0 Å². The minimum absolute atomic E-state index is 0.541. The van der Waals surface area contributed by atoms with E-state index in [0.29, 0.717) is 5.71 Å². The molecule has 2 N–H and O–H groups in total. The number of rotatable bonds is 0. The molecule has 28 heavy (non-hydrogen) atoms. The van der Waals surface area contributed by atoms with Crippen molar-refractivity contribution in [3.63, 3.8) is 0 Å². The van der Waals surface area contributed by atoms with Crippen LogP contribution in [0.3, 0.4) is 0 Å². The molecule has 4 unspecified atom stereocenters. The van der Waals surface area contributed by atoms with Gasteiger partial charge in [-0.15, -0.1) is 23.2 Å². The number of hydrogen-bond acceptors (Lipinski definition) is 2. The van der Waals surface area contributed by atoms with Crippen LogP contribution in [0.15, 0.2) is 58.6 Å². The molecule has 0 saturated carbocycles. The van der Waals surface area contributed by atoms with Crippen LogP contribution in [0.2, 0.25) is 0 Å². The molecule has 4 atom stereocenters. The smallest absolute Gasteiger partial charge is 0.174 e. The van der Waals surface area contributed by atoms with Crippen LogP contribution in [0.5, 0.6) is 0 Å². The number of aromatic nitrogens is 2. The topological polar surface area (TPSA) is 56.3 Å². The fraction of sp³-hybridized carbons (Fsp3) is 0.200. The summed E-state index contributed by atoms with van der Waals surface area (Å²) < 4.78 is 0. The SMILES string of the molecule is ClC1C2=NC(Cl)(C=C2)C(Cl)c2ccc([nH]2)C=c2ccc([nH]2)=CC2=NC1(Cl)C=C2. The van der Waals surface area contributed by atoms with Crippen LogP contribution in [0.25, 0.3) is 12.2 Å². The zero-order valence-electron chi connectivity index (χ0n) is 14.3. The summed E-state index contributed by atoms with van der Waals surface area (Å²) in [6.45, 7) is 0. The first-order valence-electron chi connectivity index (χ1n) is 8.66. The summed E-state index contributed by atoms with van der Waals surface area (Å²) in [7, 11) is 0. The molecule has 5 heterocycles. The summed E-state index contributed by atoms with van der Waals surface area (Å²) in [5.41, 5.74) is 2.93. The minimum atomic E-state index is -1.16. The van der Waals surface area contributed by atoms with Crippen molar-refractivity contribution >= 4 is 70.0 Å². The molecule has 4 nitrogen and oxygen atoms in total. The van der Waals surface area contributed by atoms with Crippen molar-refractivity contribution < 1.29 is 0 Å². The highest BCUT2D eigenvalue weighted by molar-refractivity contribution is 6.45. The zero-order valence-corrected chi connectivity index (χ0v) is 17.4. The van der Waals surface area contributed by atoms with Crippen molar-refractivity contribution in [3.8, 4) is 0 Å². The Balaban J connectivity index is 1.71. The van der Waals surface area contributed by atoms with Gasteiger partial charge in [-0.25, -0.2) is 0 Å². The Kier molecular flexibility index (Phi) is 4.18. The van der Waals surface area contributed by atoms with Crippen molar-refractivity contribution in [1.82, 2.24) is 9.97 Å². The van der Waals surface area contributed by atoms with Gasteiger partial charge in [0, 0.05) is 22.1 Å². The molecule has 8 heteroatoms. The second-order valence-electron chi connectivity index (χ2n) is 6.95. The predicted molar refractivity (Wildman–Crippen MR) is 117 cm³/mol. The number of H-pyrrole nitrogens is 2. The first-order valence-corrected chi connectivity index (χ1v) is 10.3. The summed E-state index contributed by atoms with van der Waals surface area (Å²) in [5.74, 6) is 0. The Labute approximate surface area is 181 Å². The summed E-state index contributed by atoms with van der Waals surface area (Å²) in [6.07, 6.45) is 11.0. The maximum atomic E-state index is 6.73. The molecule has 3 aliphatic rings. The van der Waals surface area contributed by atoms with Crippen LogP contribution >= 0.6 is 46.4 Å². The van der Waals surface area contributed by atoms with E-state index in [0.717, 1.165) is 27.8 Å². The second-order valence-corrected chi connectivity index (χ2v) is 9.03. The number of allylic oxidation sites excluding steroid dienone is 2.